The Morgan fingerprint density at radius 2 is 1.93 bits per heavy atom. The average molecular weight is 354 g/mol. The molecule has 4 heterocycles. The average Bonchev–Trinajstić information content (AvgIpc) is 3.32. The van der Waals surface area contributed by atoms with Gasteiger partial charge < -0.3 is 0 Å². The Balaban J connectivity index is 1.60. The number of hydrogen-bond acceptors (Lipinski definition) is 4. The Bertz CT molecular complexity index is 1270. The first-order valence-electron chi connectivity index (χ1n) is 8.87. The van der Waals surface area contributed by atoms with Gasteiger partial charge in [-0.3, -0.25) is 9.67 Å². The third kappa shape index (κ3) is 2.66. The minimum absolute atomic E-state index is 0.154. The molecule has 0 aliphatic heterocycles. The molecule has 0 amide bonds. The predicted octanol–water partition coefficient (Wildman–Crippen LogP) is 3.83. The largest absolute Gasteiger partial charge is 0.275 e. The molecule has 5 rings (SSSR count). The van der Waals surface area contributed by atoms with Crippen molar-refractivity contribution in [1.29, 1.82) is 0 Å². The molecule has 27 heavy (non-hydrogen) atoms. The maximum atomic E-state index is 4.82. The lowest BCUT2D eigenvalue weighted by atomic mass is 9.97. The summed E-state index contributed by atoms with van der Waals surface area (Å²) in [6, 6.07) is 14.4. The third-order valence-corrected chi connectivity index (χ3v) is 4.96. The molecule has 0 saturated carbocycles. The van der Waals surface area contributed by atoms with Crippen molar-refractivity contribution in [2.45, 2.75) is 12.8 Å². The molecule has 5 aromatic rings. The van der Waals surface area contributed by atoms with Crippen LogP contribution in [0.2, 0.25) is 0 Å². The fraction of sp³-hybridized carbons (Fsp3) is 0.143. The van der Waals surface area contributed by atoms with E-state index in [1.165, 1.54) is 5.56 Å². The first-order chi connectivity index (χ1) is 13.2. The zero-order valence-electron chi connectivity index (χ0n) is 15.1. The van der Waals surface area contributed by atoms with E-state index in [9.17, 15) is 0 Å². The highest BCUT2D eigenvalue weighted by atomic mass is 15.3. The number of fused-ring (bicyclic) bond motifs is 2. The van der Waals surface area contributed by atoms with Crippen molar-refractivity contribution in [3.05, 3.63) is 78.5 Å². The summed E-state index contributed by atoms with van der Waals surface area (Å²) >= 11 is 0. The van der Waals surface area contributed by atoms with E-state index in [4.69, 9.17) is 5.10 Å². The van der Waals surface area contributed by atoms with E-state index in [0.29, 0.717) is 0 Å². The molecule has 0 aliphatic rings. The summed E-state index contributed by atoms with van der Waals surface area (Å²) in [7, 11) is 1.90. The quantitative estimate of drug-likeness (QED) is 0.494. The smallest absolute Gasteiger partial charge is 0.153 e. The van der Waals surface area contributed by atoms with Gasteiger partial charge in [0.2, 0.25) is 0 Å². The summed E-state index contributed by atoms with van der Waals surface area (Å²) < 4.78 is 3.71. The lowest BCUT2D eigenvalue weighted by Gasteiger charge is -2.12. The van der Waals surface area contributed by atoms with Crippen molar-refractivity contribution in [3.63, 3.8) is 0 Å². The Hall–Kier alpha value is -3.54. The lowest BCUT2D eigenvalue weighted by Crippen LogP contribution is -2.04. The van der Waals surface area contributed by atoms with Gasteiger partial charge in [0.25, 0.3) is 0 Å². The number of aromatic nitrogens is 6. The van der Waals surface area contributed by atoms with E-state index < -0.39 is 0 Å². The van der Waals surface area contributed by atoms with Crippen LogP contribution >= 0.6 is 0 Å². The Morgan fingerprint density at radius 3 is 2.78 bits per heavy atom. The second kappa shape index (κ2) is 6.02. The van der Waals surface area contributed by atoms with Crippen LogP contribution in [-0.2, 0) is 7.05 Å². The molecule has 0 spiro atoms. The van der Waals surface area contributed by atoms with Crippen molar-refractivity contribution in [3.8, 4) is 11.3 Å². The number of aryl methyl sites for hydroxylation is 1. The van der Waals surface area contributed by atoms with Crippen LogP contribution in [0.15, 0.2) is 67.3 Å². The second-order valence-corrected chi connectivity index (χ2v) is 6.75. The SMILES string of the molecule is C[C@@H](c1ccc2ncccc2c1)c1cnc2ccc(-c3cnn(C)c3)nn12. The van der Waals surface area contributed by atoms with Crippen LogP contribution in [-0.4, -0.2) is 29.4 Å². The normalized spacial score (nSPS) is 12.7. The molecule has 0 unspecified atom stereocenters. The third-order valence-electron chi connectivity index (χ3n) is 4.96. The summed E-state index contributed by atoms with van der Waals surface area (Å²) in [5.74, 6) is 0.154. The number of pyridine rings is 1. The molecule has 0 bridgehead atoms. The minimum Gasteiger partial charge on any atom is -0.275 e. The molecule has 4 aromatic heterocycles. The fourth-order valence-electron chi connectivity index (χ4n) is 3.43. The van der Waals surface area contributed by atoms with Crippen LogP contribution in [0.25, 0.3) is 27.8 Å². The summed E-state index contributed by atoms with van der Waals surface area (Å²) in [5.41, 5.74) is 5.98. The highest BCUT2D eigenvalue weighted by Crippen LogP contribution is 2.27. The van der Waals surface area contributed by atoms with Gasteiger partial charge in [-0.2, -0.15) is 10.2 Å². The number of imidazole rings is 1. The van der Waals surface area contributed by atoms with Gasteiger partial charge in [-0.1, -0.05) is 19.1 Å². The summed E-state index contributed by atoms with van der Waals surface area (Å²) in [5, 5.41) is 10.2. The van der Waals surface area contributed by atoms with E-state index in [2.05, 4.69) is 46.3 Å². The van der Waals surface area contributed by atoms with E-state index in [1.807, 2.05) is 54.5 Å². The maximum absolute atomic E-state index is 4.82. The first kappa shape index (κ1) is 15.7. The van der Waals surface area contributed by atoms with Crippen molar-refractivity contribution < 1.29 is 0 Å². The summed E-state index contributed by atoms with van der Waals surface area (Å²) in [6.07, 6.45) is 7.52. The van der Waals surface area contributed by atoms with E-state index >= 15 is 0 Å². The predicted molar refractivity (Wildman–Crippen MR) is 104 cm³/mol. The monoisotopic (exact) mass is 354 g/mol. The van der Waals surface area contributed by atoms with Gasteiger partial charge in [-0.15, -0.1) is 0 Å². The van der Waals surface area contributed by atoms with Crippen molar-refractivity contribution in [1.82, 2.24) is 29.4 Å². The minimum atomic E-state index is 0.154. The van der Waals surface area contributed by atoms with Gasteiger partial charge in [0.15, 0.2) is 5.65 Å². The number of rotatable bonds is 3. The lowest BCUT2D eigenvalue weighted by molar-refractivity contribution is 0.767. The van der Waals surface area contributed by atoms with Crippen LogP contribution in [0, 0.1) is 0 Å². The second-order valence-electron chi connectivity index (χ2n) is 6.75. The van der Waals surface area contributed by atoms with Gasteiger partial charge in [-0.25, -0.2) is 9.50 Å². The molecule has 1 atom stereocenters. The van der Waals surface area contributed by atoms with E-state index in [-0.39, 0.29) is 5.92 Å². The molecule has 6 heteroatoms. The molecule has 132 valence electrons. The molecular formula is C21H18N6. The fourth-order valence-corrected chi connectivity index (χ4v) is 3.43. The zero-order chi connectivity index (χ0) is 18.4. The topological polar surface area (TPSA) is 60.9 Å². The van der Waals surface area contributed by atoms with Gasteiger partial charge in [0.05, 0.1) is 29.3 Å². The van der Waals surface area contributed by atoms with Crippen molar-refractivity contribution in [2.75, 3.05) is 0 Å². The molecule has 0 aliphatic carbocycles. The Labute approximate surface area is 156 Å². The van der Waals surface area contributed by atoms with E-state index in [0.717, 1.165) is 33.5 Å². The summed E-state index contributed by atoms with van der Waals surface area (Å²) in [6.45, 7) is 2.18. The van der Waals surface area contributed by atoms with Crippen molar-refractivity contribution >= 4 is 16.6 Å². The molecule has 0 N–H and O–H groups in total. The zero-order valence-corrected chi connectivity index (χ0v) is 15.1. The number of benzene rings is 1. The molecule has 0 fully saturated rings. The van der Waals surface area contributed by atoms with Gasteiger partial charge in [-0.05, 0) is 35.9 Å². The molecule has 0 saturated heterocycles. The number of nitrogens with zero attached hydrogens (tertiary/aromatic N) is 6. The van der Waals surface area contributed by atoms with Crippen LogP contribution in [0.5, 0.6) is 0 Å². The van der Waals surface area contributed by atoms with Crippen LogP contribution in [0.1, 0.15) is 24.1 Å². The van der Waals surface area contributed by atoms with Crippen molar-refractivity contribution in [2.24, 2.45) is 7.05 Å². The van der Waals surface area contributed by atoms with Gasteiger partial charge in [0.1, 0.15) is 0 Å². The Morgan fingerprint density at radius 1 is 1.00 bits per heavy atom. The van der Waals surface area contributed by atoms with E-state index in [1.54, 1.807) is 4.68 Å². The number of hydrogen-bond donors (Lipinski definition) is 0. The molecule has 1 aromatic carbocycles. The van der Waals surface area contributed by atoms with Crippen LogP contribution in [0.3, 0.4) is 0 Å². The Kier molecular flexibility index (Phi) is 3.50. The van der Waals surface area contributed by atoms with Crippen LogP contribution in [0.4, 0.5) is 0 Å². The molecule has 0 radical (unpaired) electrons. The first-order valence-corrected chi connectivity index (χ1v) is 8.87. The maximum Gasteiger partial charge on any atom is 0.153 e. The van der Waals surface area contributed by atoms with Crippen LogP contribution < -0.4 is 0 Å². The molecular weight excluding hydrogens is 336 g/mol. The van der Waals surface area contributed by atoms with Gasteiger partial charge in [0, 0.05) is 36.3 Å². The molecule has 6 nitrogen and oxygen atoms in total. The summed E-state index contributed by atoms with van der Waals surface area (Å²) in [4.78, 5) is 8.94. The van der Waals surface area contributed by atoms with Gasteiger partial charge >= 0.3 is 0 Å². The highest BCUT2D eigenvalue weighted by molar-refractivity contribution is 5.79. The standard InChI is InChI=1S/C21H18N6/c1-14(15-5-6-18-16(10-15)4-3-9-22-18)20-12-23-21-8-7-19(25-27(20)21)17-11-24-26(2)13-17/h3-14H,1-2H3/t14-/m0/s1. The highest BCUT2D eigenvalue weighted by Gasteiger charge is 2.16.